The number of fused-ring (bicyclic) bond motifs is 1. The van der Waals surface area contributed by atoms with Crippen molar-refractivity contribution in [2.75, 3.05) is 12.0 Å². The van der Waals surface area contributed by atoms with Gasteiger partial charge in [-0.15, -0.1) is 4.79 Å². The molecule has 1 heterocycles. The molecule has 0 aliphatic heterocycles. The number of halogens is 1. The van der Waals surface area contributed by atoms with Crippen LogP contribution in [0.3, 0.4) is 0 Å². The van der Waals surface area contributed by atoms with Gasteiger partial charge in [0.25, 0.3) is 5.56 Å². The van der Waals surface area contributed by atoms with E-state index < -0.39 is 17.6 Å². The van der Waals surface area contributed by atoms with E-state index >= 15 is 0 Å². The number of carboxylic acid groups (broad SMARTS) is 1. The first kappa shape index (κ1) is 23.3. The van der Waals surface area contributed by atoms with Gasteiger partial charge in [0.15, 0.2) is 0 Å². The van der Waals surface area contributed by atoms with Gasteiger partial charge in [0.2, 0.25) is 5.91 Å². The fraction of sp³-hybridized carbons (Fsp3) is 0.304. The maximum Gasteiger partial charge on any atom is 0.407 e. The summed E-state index contributed by atoms with van der Waals surface area (Å²) in [4.78, 5) is 39.4. The first-order valence-electron chi connectivity index (χ1n) is 10.1. The second-order valence-electron chi connectivity index (χ2n) is 8.75. The Bertz CT molecular complexity index is 1200. The Hall–Kier alpha value is -3.39. The summed E-state index contributed by atoms with van der Waals surface area (Å²) in [6.45, 7) is 6.06. The van der Waals surface area contributed by atoms with Crippen molar-refractivity contribution in [3.63, 3.8) is 0 Å². The van der Waals surface area contributed by atoms with Gasteiger partial charge in [0.05, 0.1) is 24.0 Å². The molecular weight excluding hydrogens is 432 g/mol. The first-order valence-corrected chi connectivity index (χ1v) is 10.4. The molecule has 3 rings (SSSR count). The Morgan fingerprint density at radius 1 is 1.09 bits per heavy atom. The molecule has 2 amide bonds. The third kappa shape index (κ3) is 5.85. The Labute approximate surface area is 190 Å². The van der Waals surface area contributed by atoms with Crippen molar-refractivity contribution in [3.05, 3.63) is 75.2 Å². The monoisotopic (exact) mass is 456 g/mol. The molecule has 9 heteroatoms. The highest BCUT2D eigenvalue weighted by molar-refractivity contribution is 6.30. The molecule has 0 radical (unpaired) electrons. The zero-order chi connectivity index (χ0) is 23.5. The normalized spacial score (nSPS) is 11.4. The number of carbonyl (C=O) groups is 2. The molecule has 0 aliphatic carbocycles. The topological polar surface area (TPSA) is 105 Å². The summed E-state index contributed by atoms with van der Waals surface area (Å²) < 4.78 is 0. The average molecular weight is 457 g/mol. The lowest BCUT2D eigenvalue weighted by Crippen LogP contribution is -2.39. The highest BCUT2D eigenvalue weighted by Gasteiger charge is 2.23. The molecule has 32 heavy (non-hydrogen) atoms. The lowest BCUT2D eigenvalue weighted by atomic mass is 9.96. The van der Waals surface area contributed by atoms with Crippen LogP contribution in [-0.2, 0) is 17.8 Å². The lowest BCUT2D eigenvalue weighted by molar-refractivity contribution is -0.116. The largest absolute Gasteiger partial charge is 0.465 e. The fourth-order valence-electron chi connectivity index (χ4n) is 3.34. The fourth-order valence-corrected chi connectivity index (χ4v) is 3.46. The highest BCUT2D eigenvalue weighted by atomic mass is 35.5. The second-order valence-corrected chi connectivity index (χ2v) is 9.18. The van der Waals surface area contributed by atoms with Crippen molar-refractivity contribution >= 4 is 34.4 Å². The molecule has 3 aromatic rings. The predicted molar refractivity (Wildman–Crippen MR) is 123 cm³/mol. The number of aromatic nitrogens is 2. The average Bonchev–Trinajstić information content (AvgIpc) is 2.71. The number of benzene rings is 2. The van der Waals surface area contributed by atoms with Crippen molar-refractivity contribution in [2.45, 2.75) is 33.7 Å². The SMILES string of the molecule is CC(C)(C)CN(Cc1nn(NC(=O)Cc2ccc(Cl)cc2)c(=O)c2ccccc12)C(=O)O. The molecule has 8 nitrogen and oxygen atoms in total. The minimum Gasteiger partial charge on any atom is -0.465 e. The van der Waals surface area contributed by atoms with Crippen molar-refractivity contribution in [2.24, 2.45) is 5.41 Å². The Balaban J connectivity index is 1.94. The Morgan fingerprint density at radius 2 is 1.72 bits per heavy atom. The zero-order valence-electron chi connectivity index (χ0n) is 18.1. The van der Waals surface area contributed by atoms with Gasteiger partial charge in [-0.25, -0.2) is 10.2 Å². The molecule has 0 saturated heterocycles. The summed E-state index contributed by atoms with van der Waals surface area (Å²) in [5.41, 5.74) is 2.85. The van der Waals surface area contributed by atoms with Crippen LogP contribution in [0.25, 0.3) is 10.8 Å². The standard InChI is InChI=1S/C23H25ClN4O4/c1-23(2,3)14-27(22(31)32)13-19-17-6-4-5-7-18(17)21(30)28(25-19)26-20(29)12-15-8-10-16(24)11-9-15/h4-11H,12-14H2,1-3H3,(H,26,29)(H,31,32). The molecule has 0 saturated carbocycles. The van der Waals surface area contributed by atoms with Crippen LogP contribution in [0.5, 0.6) is 0 Å². The number of amides is 2. The molecule has 0 unspecified atom stereocenters. The van der Waals surface area contributed by atoms with E-state index in [1.165, 1.54) is 4.90 Å². The van der Waals surface area contributed by atoms with Crippen molar-refractivity contribution in [1.82, 2.24) is 14.8 Å². The first-order chi connectivity index (χ1) is 15.0. The molecule has 0 bridgehead atoms. The van der Waals surface area contributed by atoms with Gasteiger partial charge in [-0.1, -0.05) is 62.7 Å². The van der Waals surface area contributed by atoms with Crippen molar-refractivity contribution in [3.8, 4) is 0 Å². The zero-order valence-corrected chi connectivity index (χ0v) is 18.9. The summed E-state index contributed by atoms with van der Waals surface area (Å²) in [5, 5.41) is 15.4. The minimum absolute atomic E-state index is 0.0265. The summed E-state index contributed by atoms with van der Waals surface area (Å²) in [6.07, 6.45) is -1.06. The maximum absolute atomic E-state index is 12.9. The molecule has 168 valence electrons. The van der Waals surface area contributed by atoms with Crippen LogP contribution in [0, 0.1) is 5.41 Å². The summed E-state index contributed by atoms with van der Waals surface area (Å²) in [5.74, 6) is -0.437. The molecule has 0 atom stereocenters. The van der Waals surface area contributed by atoms with Crippen molar-refractivity contribution < 1.29 is 14.7 Å². The van der Waals surface area contributed by atoms with Crippen LogP contribution in [0.1, 0.15) is 32.0 Å². The molecule has 2 N–H and O–H groups in total. The molecule has 0 spiro atoms. The van der Waals surface area contributed by atoms with Gasteiger partial charge in [-0.05, 0) is 29.2 Å². The van der Waals surface area contributed by atoms with Gasteiger partial charge >= 0.3 is 6.09 Å². The second kappa shape index (κ2) is 9.40. The summed E-state index contributed by atoms with van der Waals surface area (Å²) in [7, 11) is 0. The van der Waals surface area contributed by atoms with Crippen LogP contribution in [-0.4, -0.2) is 38.4 Å². The number of rotatable bonds is 6. The van der Waals surface area contributed by atoms with Crippen molar-refractivity contribution in [1.29, 1.82) is 0 Å². The number of hydrogen-bond donors (Lipinski definition) is 2. The lowest BCUT2D eigenvalue weighted by Gasteiger charge is -2.27. The van der Waals surface area contributed by atoms with E-state index in [-0.39, 0.29) is 24.9 Å². The number of nitrogens with zero attached hydrogens (tertiary/aromatic N) is 3. The molecule has 0 aliphatic rings. The van der Waals surface area contributed by atoms with Gasteiger partial charge in [-0.3, -0.25) is 9.59 Å². The van der Waals surface area contributed by atoms with E-state index in [2.05, 4.69) is 10.5 Å². The molecule has 2 aromatic carbocycles. The van der Waals surface area contributed by atoms with Gasteiger partial charge < -0.3 is 10.0 Å². The van der Waals surface area contributed by atoms with E-state index in [1.54, 1.807) is 48.5 Å². The van der Waals surface area contributed by atoms with E-state index in [4.69, 9.17) is 11.6 Å². The molecule has 1 aromatic heterocycles. The van der Waals surface area contributed by atoms with Gasteiger partial charge in [0, 0.05) is 17.0 Å². The van der Waals surface area contributed by atoms with Gasteiger partial charge in [0.1, 0.15) is 0 Å². The Kier molecular flexibility index (Phi) is 6.84. The van der Waals surface area contributed by atoms with Crippen LogP contribution < -0.4 is 11.0 Å². The van der Waals surface area contributed by atoms with Crippen LogP contribution in [0.4, 0.5) is 4.79 Å². The van der Waals surface area contributed by atoms with Crippen LogP contribution in [0.2, 0.25) is 5.02 Å². The molecule has 0 fully saturated rings. The smallest absolute Gasteiger partial charge is 0.407 e. The highest BCUT2D eigenvalue weighted by Crippen LogP contribution is 2.20. The van der Waals surface area contributed by atoms with Crippen LogP contribution in [0.15, 0.2) is 53.3 Å². The minimum atomic E-state index is -1.09. The molecular formula is C23H25ClN4O4. The van der Waals surface area contributed by atoms with Crippen LogP contribution >= 0.6 is 11.6 Å². The van der Waals surface area contributed by atoms with E-state index in [0.29, 0.717) is 21.5 Å². The predicted octanol–water partition coefficient (Wildman–Crippen LogP) is 3.89. The van der Waals surface area contributed by atoms with E-state index in [1.807, 2.05) is 20.8 Å². The third-order valence-electron chi connectivity index (χ3n) is 4.67. The number of carbonyl (C=O) groups excluding carboxylic acids is 1. The number of nitrogens with one attached hydrogen (secondary N) is 1. The van der Waals surface area contributed by atoms with E-state index in [0.717, 1.165) is 10.4 Å². The maximum atomic E-state index is 12.9. The van der Waals surface area contributed by atoms with Gasteiger partial charge in [-0.2, -0.15) is 5.10 Å². The summed E-state index contributed by atoms with van der Waals surface area (Å²) >= 11 is 5.87. The third-order valence-corrected chi connectivity index (χ3v) is 4.92. The summed E-state index contributed by atoms with van der Waals surface area (Å²) in [6, 6.07) is 13.6. The Morgan fingerprint density at radius 3 is 2.31 bits per heavy atom. The number of hydrogen-bond acceptors (Lipinski definition) is 4. The quantitative estimate of drug-likeness (QED) is 0.585. The van der Waals surface area contributed by atoms with E-state index in [9.17, 15) is 19.5 Å².